The molecule has 8 heteroatoms. The molecule has 29 heavy (non-hydrogen) atoms. The summed E-state index contributed by atoms with van der Waals surface area (Å²) in [6, 6.07) is 12.9. The smallest absolute Gasteiger partial charge is 0.264 e. The zero-order chi connectivity index (χ0) is 20.6. The SMILES string of the molecule is C[C@H]1Cc2cc(C(=O)NCc3ccco3)ccc2N1S(=O)(=O)c1ccc(F)cc1. The molecular formula is C21H19FN2O4S. The van der Waals surface area contributed by atoms with E-state index < -0.39 is 15.8 Å². The van der Waals surface area contributed by atoms with Gasteiger partial charge in [0.15, 0.2) is 0 Å². The molecule has 0 fully saturated rings. The lowest BCUT2D eigenvalue weighted by Gasteiger charge is -2.24. The fourth-order valence-corrected chi connectivity index (χ4v) is 5.21. The number of amides is 1. The Kier molecular flexibility index (Phi) is 4.87. The third-order valence-electron chi connectivity index (χ3n) is 4.87. The Balaban J connectivity index is 1.59. The van der Waals surface area contributed by atoms with Crippen LogP contribution in [0.4, 0.5) is 10.1 Å². The zero-order valence-electron chi connectivity index (χ0n) is 15.6. The zero-order valence-corrected chi connectivity index (χ0v) is 16.4. The number of hydrogen-bond donors (Lipinski definition) is 1. The maximum atomic E-state index is 13.2. The van der Waals surface area contributed by atoms with Gasteiger partial charge in [0.1, 0.15) is 11.6 Å². The standard InChI is InChI=1S/C21H19FN2O4S/c1-14-11-16-12-15(21(25)23-13-18-3-2-10-28-18)4-9-20(16)24(14)29(26,27)19-7-5-17(22)6-8-19/h2-10,12,14H,11,13H2,1H3,(H,23,25)/t14-/m0/s1. The molecule has 0 aliphatic carbocycles. The molecule has 1 aromatic heterocycles. The summed E-state index contributed by atoms with van der Waals surface area (Å²) >= 11 is 0. The number of halogens is 1. The Morgan fingerprint density at radius 1 is 1.21 bits per heavy atom. The number of rotatable bonds is 5. The first kappa shape index (κ1) is 19.2. The number of carbonyl (C=O) groups excluding carboxylic acids is 1. The summed E-state index contributed by atoms with van der Waals surface area (Å²) in [5, 5.41) is 2.78. The van der Waals surface area contributed by atoms with Crippen LogP contribution in [0.15, 0.2) is 70.2 Å². The van der Waals surface area contributed by atoms with Crippen LogP contribution in [0, 0.1) is 5.82 Å². The van der Waals surface area contributed by atoms with Gasteiger partial charge < -0.3 is 9.73 Å². The third kappa shape index (κ3) is 3.63. The van der Waals surface area contributed by atoms with Gasteiger partial charge in [0.25, 0.3) is 15.9 Å². The van der Waals surface area contributed by atoms with E-state index in [4.69, 9.17) is 4.42 Å². The highest BCUT2D eigenvalue weighted by Crippen LogP contribution is 2.37. The maximum Gasteiger partial charge on any atom is 0.264 e. The summed E-state index contributed by atoms with van der Waals surface area (Å²) in [7, 11) is -3.84. The highest BCUT2D eigenvalue weighted by Gasteiger charge is 2.36. The Labute approximate surface area is 168 Å². The van der Waals surface area contributed by atoms with Crippen molar-refractivity contribution in [2.45, 2.75) is 30.8 Å². The second-order valence-electron chi connectivity index (χ2n) is 6.91. The van der Waals surface area contributed by atoms with Crippen molar-refractivity contribution in [3.05, 3.63) is 83.6 Å². The fourth-order valence-electron chi connectivity index (χ4n) is 3.51. The van der Waals surface area contributed by atoms with Gasteiger partial charge in [-0.3, -0.25) is 9.10 Å². The molecule has 1 atom stereocenters. The third-order valence-corrected chi connectivity index (χ3v) is 6.81. The van der Waals surface area contributed by atoms with Crippen molar-refractivity contribution in [2.24, 2.45) is 0 Å². The molecule has 3 aromatic rings. The van der Waals surface area contributed by atoms with Crippen LogP contribution in [-0.4, -0.2) is 20.4 Å². The number of carbonyl (C=O) groups is 1. The van der Waals surface area contributed by atoms with Crippen LogP contribution >= 0.6 is 0 Å². The van der Waals surface area contributed by atoms with Crippen molar-refractivity contribution in [3.8, 4) is 0 Å². The molecule has 4 rings (SSSR count). The minimum Gasteiger partial charge on any atom is -0.467 e. The molecule has 0 unspecified atom stereocenters. The van der Waals surface area contributed by atoms with Crippen LogP contribution < -0.4 is 9.62 Å². The van der Waals surface area contributed by atoms with Gasteiger partial charge in [-0.05, 0) is 73.5 Å². The molecule has 1 aliphatic rings. The minimum absolute atomic E-state index is 0.0267. The van der Waals surface area contributed by atoms with Crippen LogP contribution in [0.25, 0.3) is 0 Å². The normalized spacial score (nSPS) is 15.9. The van der Waals surface area contributed by atoms with Gasteiger partial charge >= 0.3 is 0 Å². The second kappa shape index (κ2) is 7.36. The molecule has 1 amide bonds. The average molecular weight is 414 g/mol. The van der Waals surface area contributed by atoms with E-state index in [0.717, 1.165) is 17.7 Å². The van der Waals surface area contributed by atoms with Crippen molar-refractivity contribution in [3.63, 3.8) is 0 Å². The fraction of sp³-hybridized carbons (Fsp3) is 0.190. The summed E-state index contributed by atoms with van der Waals surface area (Å²) < 4.78 is 45.9. The van der Waals surface area contributed by atoms with Crippen molar-refractivity contribution in [2.75, 3.05) is 4.31 Å². The molecule has 150 valence electrons. The molecule has 0 saturated heterocycles. The molecule has 2 heterocycles. The Hall–Kier alpha value is -3.13. The van der Waals surface area contributed by atoms with E-state index in [0.29, 0.717) is 23.4 Å². The molecule has 0 bridgehead atoms. The highest BCUT2D eigenvalue weighted by molar-refractivity contribution is 7.92. The van der Waals surface area contributed by atoms with Crippen LogP contribution in [0.2, 0.25) is 0 Å². The lowest BCUT2D eigenvalue weighted by molar-refractivity contribution is 0.0948. The quantitative estimate of drug-likeness (QED) is 0.693. The predicted octanol–water partition coefficient (Wildman–Crippen LogP) is 3.49. The number of nitrogens with one attached hydrogen (secondary N) is 1. The monoisotopic (exact) mass is 414 g/mol. The molecule has 0 radical (unpaired) electrons. The van der Waals surface area contributed by atoms with E-state index >= 15 is 0 Å². The van der Waals surface area contributed by atoms with Crippen molar-refractivity contribution >= 4 is 21.6 Å². The lowest BCUT2D eigenvalue weighted by atomic mass is 10.1. The molecule has 1 N–H and O–H groups in total. The van der Waals surface area contributed by atoms with Crippen LogP contribution in [0.3, 0.4) is 0 Å². The van der Waals surface area contributed by atoms with E-state index in [1.54, 1.807) is 37.3 Å². The van der Waals surface area contributed by atoms with Crippen molar-refractivity contribution < 1.29 is 22.0 Å². The summed E-state index contributed by atoms with van der Waals surface area (Å²) in [6.45, 7) is 2.07. The largest absolute Gasteiger partial charge is 0.467 e. The van der Waals surface area contributed by atoms with E-state index in [1.807, 2.05) is 0 Å². The number of benzene rings is 2. The van der Waals surface area contributed by atoms with Gasteiger partial charge in [0.05, 0.1) is 23.4 Å². The van der Waals surface area contributed by atoms with E-state index in [9.17, 15) is 17.6 Å². The number of anilines is 1. The molecule has 2 aromatic carbocycles. The van der Waals surface area contributed by atoms with Crippen LogP contribution in [0.1, 0.15) is 28.6 Å². The molecule has 1 aliphatic heterocycles. The van der Waals surface area contributed by atoms with Gasteiger partial charge in [-0.15, -0.1) is 0 Å². The van der Waals surface area contributed by atoms with Gasteiger partial charge in [-0.25, -0.2) is 12.8 Å². The van der Waals surface area contributed by atoms with E-state index in [2.05, 4.69) is 5.32 Å². The van der Waals surface area contributed by atoms with E-state index in [1.165, 1.54) is 22.7 Å². The Bertz CT molecular complexity index is 1140. The van der Waals surface area contributed by atoms with Gasteiger partial charge in [0.2, 0.25) is 0 Å². The number of sulfonamides is 1. The molecular weight excluding hydrogens is 395 g/mol. The summed E-state index contributed by atoms with van der Waals surface area (Å²) in [4.78, 5) is 12.5. The summed E-state index contributed by atoms with van der Waals surface area (Å²) in [5.41, 5.74) is 1.75. The lowest BCUT2D eigenvalue weighted by Crippen LogP contribution is -2.35. The number of furan rings is 1. The maximum absolute atomic E-state index is 13.2. The number of hydrogen-bond acceptors (Lipinski definition) is 4. The molecule has 0 saturated carbocycles. The van der Waals surface area contributed by atoms with E-state index in [-0.39, 0.29) is 23.4 Å². The van der Waals surface area contributed by atoms with Gasteiger partial charge in [-0.1, -0.05) is 0 Å². The first-order valence-electron chi connectivity index (χ1n) is 9.10. The first-order chi connectivity index (χ1) is 13.9. The molecule has 0 spiro atoms. The van der Waals surface area contributed by atoms with Gasteiger partial charge in [-0.2, -0.15) is 0 Å². The van der Waals surface area contributed by atoms with Crippen LogP contribution in [-0.2, 0) is 23.0 Å². The van der Waals surface area contributed by atoms with Crippen LogP contribution in [0.5, 0.6) is 0 Å². The predicted molar refractivity (Wildman–Crippen MR) is 106 cm³/mol. The van der Waals surface area contributed by atoms with Crippen molar-refractivity contribution in [1.29, 1.82) is 0 Å². The summed E-state index contributed by atoms with van der Waals surface area (Å²) in [5.74, 6) is -0.120. The topological polar surface area (TPSA) is 79.6 Å². The Morgan fingerprint density at radius 2 is 1.97 bits per heavy atom. The number of nitrogens with zero attached hydrogens (tertiary/aromatic N) is 1. The average Bonchev–Trinajstić information content (AvgIpc) is 3.32. The second-order valence-corrected chi connectivity index (χ2v) is 8.73. The minimum atomic E-state index is -3.84. The molecule has 6 nitrogen and oxygen atoms in total. The summed E-state index contributed by atoms with van der Waals surface area (Å²) in [6.07, 6.45) is 2.02. The number of fused-ring (bicyclic) bond motifs is 1. The van der Waals surface area contributed by atoms with Crippen molar-refractivity contribution in [1.82, 2.24) is 5.32 Å². The first-order valence-corrected chi connectivity index (χ1v) is 10.5. The van der Waals surface area contributed by atoms with Gasteiger partial charge in [0, 0.05) is 11.6 Å². The Morgan fingerprint density at radius 3 is 2.66 bits per heavy atom. The highest BCUT2D eigenvalue weighted by atomic mass is 32.2.